The SMILES string of the molecule is c1ccc(-c2ccc(N(c3cccc4ccccc34)c3ccc(-c4ccc5c6ccccc6c6oc(-c7ccccc7)nc6c5c4)c4ccccc34)cc2)cc1. The Hall–Kier alpha value is -7.49. The highest BCUT2D eigenvalue weighted by atomic mass is 16.3. The highest BCUT2D eigenvalue weighted by Crippen LogP contribution is 2.45. The molecule has 0 aliphatic rings. The molecule has 0 amide bonds. The zero-order chi connectivity index (χ0) is 37.0. The first kappa shape index (κ1) is 32.0. The molecule has 56 heavy (non-hydrogen) atoms. The fourth-order valence-electron chi connectivity index (χ4n) is 8.42. The lowest BCUT2D eigenvalue weighted by Gasteiger charge is -2.29. The molecule has 0 saturated carbocycles. The largest absolute Gasteiger partial charge is 0.435 e. The van der Waals surface area contributed by atoms with Gasteiger partial charge in [0.2, 0.25) is 5.89 Å². The van der Waals surface area contributed by atoms with Crippen molar-refractivity contribution in [1.82, 2.24) is 4.98 Å². The van der Waals surface area contributed by atoms with E-state index >= 15 is 0 Å². The maximum absolute atomic E-state index is 6.56. The molecule has 0 saturated heterocycles. The molecule has 3 heteroatoms. The number of anilines is 3. The van der Waals surface area contributed by atoms with Crippen molar-refractivity contribution in [1.29, 1.82) is 0 Å². The molecule has 1 aromatic heterocycles. The Balaban J connectivity index is 1.11. The molecule has 11 rings (SSSR count). The summed E-state index contributed by atoms with van der Waals surface area (Å²) in [5.74, 6) is 0.629. The van der Waals surface area contributed by atoms with Gasteiger partial charge < -0.3 is 9.32 Å². The number of hydrogen-bond donors (Lipinski definition) is 0. The van der Waals surface area contributed by atoms with E-state index in [1.165, 1.54) is 32.7 Å². The van der Waals surface area contributed by atoms with Crippen LogP contribution in [0, 0.1) is 0 Å². The first-order valence-corrected chi connectivity index (χ1v) is 19.0. The minimum absolute atomic E-state index is 0.629. The molecule has 3 nitrogen and oxygen atoms in total. The van der Waals surface area contributed by atoms with Crippen LogP contribution in [0.25, 0.3) is 87.9 Å². The predicted molar refractivity (Wildman–Crippen MR) is 235 cm³/mol. The standard InChI is InChI=1S/C53H34N2O/c1-3-14-35(15-4-1)36-26-29-40(30-27-36)55(49-25-13-19-37-16-7-8-20-42(37)49)50-33-32-41(43-21-9-11-23-46(43)50)39-28-31-45-44-22-10-12-24-47(44)52-51(48(45)34-39)54-53(56-52)38-17-5-2-6-18-38/h1-34H. The Morgan fingerprint density at radius 1 is 0.357 bits per heavy atom. The van der Waals surface area contributed by atoms with E-state index in [1.807, 2.05) is 30.3 Å². The highest BCUT2D eigenvalue weighted by Gasteiger charge is 2.21. The topological polar surface area (TPSA) is 29.3 Å². The zero-order valence-corrected chi connectivity index (χ0v) is 30.4. The molecule has 10 aromatic carbocycles. The quantitative estimate of drug-likeness (QED) is 0.161. The van der Waals surface area contributed by atoms with E-state index in [1.54, 1.807) is 0 Å². The van der Waals surface area contributed by atoms with E-state index < -0.39 is 0 Å². The van der Waals surface area contributed by atoms with Crippen molar-refractivity contribution in [3.05, 3.63) is 206 Å². The van der Waals surface area contributed by atoms with Crippen molar-refractivity contribution in [3.63, 3.8) is 0 Å². The van der Waals surface area contributed by atoms with Gasteiger partial charge in [0.15, 0.2) is 5.58 Å². The Kier molecular flexibility index (Phi) is 7.49. The van der Waals surface area contributed by atoms with E-state index in [9.17, 15) is 0 Å². The van der Waals surface area contributed by atoms with E-state index in [2.05, 4.69) is 181 Å². The molecular formula is C53H34N2O. The first-order chi connectivity index (χ1) is 27.8. The third kappa shape index (κ3) is 5.25. The molecule has 1 heterocycles. The highest BCUT2D eigenvalue weighted by molar-refractivity contribution is 6.24. The van der Waals surface area contributed by atoms with Crippen molar-refractivity contribution in [3.8, 4) is 33.7 Å². The van der Waals surface area contributed by atoms with Gasteiger partial charge in [0.05, 0.1) is 11.4 Å². The van der Waals surface area contributed by atoms with Crippen LogP contribution in [0.4, 0.5) is 17.1 Å². The van der Waals surface area contributed by atoms with Crippen molar-refractivity contribution >= 4 is 71.3 Å². The summed E-state index contributed by atoms with van der Waals surface area (Å²) in [5, 5.41) is 9.20. The van der Waals surface area contributed by atoms with Crippen LogP contribution >= 0.6 is 0 Å². The van der Waals surface area contributed by atoms with Crippen molar-refractivity contribution in [2.75, 3.05) is 4.90 Å². The van der Waals surface area contributed by atoms with E-state index in [-0.39, 0.29) is 0 Å². The van der Waals surface area contributed by atoms with Gasteiger partial charge in [-0.3, -0.25) is 0 Å². The van der Waals surface area contributed by atoms with Crippen LogP contribution in [0.3, 0.4) is 0 Å². The molecule has 0 fully saturated rings. The second-order valence-electron chi connectivity index (χ2n) is 14.3. The monoisotopic (exact) mass is 714 g/mol. The summed E-state index contributed by atoms with van der Waals surface area (Å²) in [7, 11) is 0. The summed E-state index contributed by atoms with van der Waals surface area (Å²) in [5.41, 5.74) is 10.7. The zero-order valence-electron chi connectivity index (χ0n) is 30.4. The van der Waals surface area contributed by atoms with Crippen molar-refractivity contribution < 1.29 is 4.42 Å². The fraction of sp³-hybridized carbons (Fsp3) is 0. The molecule has 0 spiro atoms. The van der Waals surface area contributed by atoms with Gasteiger partial charge in [-0.05, 0) is 86.3 Å². The summed E-state index contributed by atoms with van der Waals surface area (Å²) in [6.07, 6.45) is 0. The molecule has 262 valence electrons. The fourth-order valence-corrected chi connectivity index (χ4v) is 8.42. The second-order valence-corrected chi connectivity index (χ2v) is 14.3. The number of hydrogen-bond acceptors (Lipinski definition) is 3. The van der Waals surface area contributed by atoms with Gasteiger partial charge in [-0.15, -0.1) is 0 Å². The smallest absolute Gasteiger partial charge is 0.227 e. The van der Waals surface area contributed by atoms with Crippen LogP contribution in [0.5, 0.6) is 0 Å². The summed E-state index contributed by atoms with van der Waals surface area (Å²) in [6, 6.07) is 73.5. The van der Waals surface area contributed by atoms with Crippen LogP contribution in [-0.4, -0.2) is 4.98 Å². The Morgan fingerprint density at radius 3 is 1.71 bits per heavy atom. The van der Waals surface area contributed by atoms with Crippen LogP contribution in [-0.2, 0) is 0 Å². The molecule has 0 unspecified atom stereocenters. The van der Waals surface area contributed by atoms with Gasteiger partial charge in [-0.1, -0.05) is 164 Å². The van der Waals surface area contributed by atoms with Crippen molar-refractivity contribution in [2.24, 2.45) is 0 Å². The van der Waals surface area contributed by atoms with Crippen molar-refractivity contribution in [2.45, 2.75) is 0 Å². The molecule has 0 atom stereocenters. The Bertz CT molecular complexity index is 3230. The van der Waals surface area contributed by atoms with Gasteiger partial charge >= 0.3 is 0 Å². The van der Waals surface area contributed by atoms with E-state index in [4.69, 9.17) is 9.40 Å². The summed E-state index contributed by atoms with van der Waals surface area (Å²) >= 11 is 0. The number of benzene rings is 10. The average molecular weight is 715 g/mol. The van der Waals surface area contributed by atoms with Gasteiger partial charge in [0.25, 0.3) is 0 Å². The van der Waals surface area contributed by atoms with Gasteiger partial charge in [0.1, 0.15) is 5.52 Å². The number of nitrogens with zero attached hydrogens (tertiary/aromatic N) is 2. The summed E-state index contributed by atoms with van der Waals surface area (Å²) in [6.45, 7) is 0. The summed E-state index contributed by atoms with van der Waals surface area (Å²) < 4.78 is 6.56. The lowest BCUT2D eigenvalue weighted by molar-refractivity contribution is 0.623. The first-order valence-electron chi connectivity index (χ1n) is 19.0. The van der Waals surface area contributed by atoms with Crippen LogP contribution in [0.2, 0.25) is 0 Å². The molecule has 0 aliphatic heterocycles. The molecule has 0 bridgehead atoms. The third-order valence-electron chi connectivity index (χ3n) is 11.1. The Morgan fingerprint density at radius 2 is 0.929 bits per heavy atom. The lowest BCUT2D eigenvalue weighted by atomic mass is 9.93. The predicted octanol–water partition coefficient (Wildman–Crippen LogP) is 14.9. The Labute approximate surface area is 324 Å². The maximum atomic E-state index is 6.56. The molecule has 0 N–H and O–H groups in total. The number of aromatic nitrogens is 1. The average Bonchev–Trinajstić information content (AvgIpc) is 3.74. The van der Waals surface area contributed by atoms with Gasteiger partial charge in [-0.2, -0.15) is 0 Å². The number of fused-ring (bicyclic) bond motifs is 8. The van der Waals surface area contributed by atoms with Crippen LogP contribution in [0.1, 0.15) is 0 Å². The molecule has 0 aliphatic carbocycles. The van der Waals surface area contributed by atoms with Crippen LogP contribution in [0.15, 0.2) is 211 Å². The molecule has 0 radical (unpaired) electrons. The van der Waals surface area contributed by atoms with Gasteiger partial charge in [0, 0.05) is 32.8 Å². The number of rotatable bonds is 6. The van der Waals surface area contributed by atoms with E-state index in [0.29, 0.717) is 5.89 Å². The van der Waals surface area contributed by atoms with Gasteiger partial charge in [-0.25, -0.2) is 4.98 Å². The molecular weight excluding hydrogens is 681 g/mol. The molecule has 11 aromatic rings. The lowest BCUT2D eigenvalue weighted by Crippen LogP contribution is -2.11. The summed E-state index contributed by atoms with van der Waals surface area (Å²) in [4.78, 5) is 7.56. The number of oxazole rings is 1. The normalized spacial score (nSPS) is 11.6. The third-order valence-corrected chi connectivity index (χ3v) is 11.1. The van der Waals surface area contributed by atoms with Crippen LogP contribution < -0.4 is 4.90 Å². The second kappa shape index (κ2) is 13.1. The maximum Gasteiger partial charge on any atom is 0.227 e. The minimum atomic E-state index is 0.629. The minimum Gasteiger partial charge on any atom is -0.435 e. The van der Waals surface area contributed by atoms with E-state index in [0.717, 1.165) is 66.4 Å².